The molecule has 0 aliphatic carbocycles. The molecule has 2 aliphatic rings. The highest BCUT2D eigenvalue weighted by molar-refractivity contribution is 7.98. The topological polar surface area (TPSA) is 72.9 Å². The molecule has 5 rings (SSSR count). The van der Waals surface area contributed by atoms with E-state index in [1.807, 2.05) is 35.2 Å². The highest BCUT2D eigenvalue weighted by atomic mass is 35.5. The number of carbonyl (C=O) groups excluding carboxylic acids is 2. The number of nitrogens with zero attached hydrogens (tertiary/aromatic N) is 6. The minimum Gasteiger partial charge on any atom is -0.366 e. The fourth-order valence-electron chi connectivity index (χ4n) is 4.80. The van der Waals surface area contributed by atoms with Crippen LogP contribution in [0, 0.1) is 5.82 Å². The number of halogens is 2. The molecule has 8 nitrogen and oxygen atoms in total. The van der Waals surface area contributed by atoms with Crippen molar-refractivity contribution in [2.24, 2.45) is 0 Å². The van der Waals surface area contributed by atoms with E-state index in [4.69, 9.17) is 16.6 Å². The van der Waals surface area contributed by atoms with Gasteiger partial charge in [-0.1, -0.05) is 47.6 Å². The minimum atomic E-state index is -0.209. The van der Waals surface area contributed by atoms with Gasteiger partial charge in [-0.05, 0) is 29.8 Å². The fraction of sp³-hybridized carbons (Fsp3) is 0.357. The lowest BCUT2D eigenvalue weighted by Gasteiger charge is -2.36. The molecule has 1 aromatic heterocycles. The van der Waals surface area contributed by atoms with Crippen LogP contribution < -0.4 is 9.80 Å². The molecule has 2 aliphatic heterocycles. The van der Waals surface area contributed by atoms with Crippen molar-refractivity contribution in [3.8, 4) is 0 Å². The normalized spacial score (nSPS) is 16.0. The Morgan fingerprint density at radius 1 is 0.872 bits per heavy atom. The van der Waals surface area contributed by atoms with Gasteiger partial charge in [0.25, 0.3) is 5.91 Å². The van der Waals surface area contributed by atoms with Gasteiger partial charge in [0, 0.05) is 76.7 Å². The summed E-state index contributed by atoms with van der Waals surface area (Å²) in [6, 6.07) is 16.2. The fourth-order valence-corrected chi connectivity index (χ4v) is 5.83. The number of para-hydroxylation sites is 1. The molecule has 0 atom stereocenters. The second kappa shape index (κ2) is 12.2. The van der Waals surface area contributed by atoms with Crippen LogP contribution in [0.2, 0.25) is 5.15 Å². The van der Waals surface area contributed by atoms with Crippen molar-refractivity contribution in [2.45, 2.75) is 17.8 Å². The molecule has 0 N–H and O–H groups in total. The van der Waals surface area contributed by atoms with Crippen molar-refractivity contribution in [2.75, 3.05) is 62.2 Å². The highest BCUT2D eigenvalue weighted by Gasteiger charge is 2.24. The molecular formula is C28H30ClFN6O2S. The number of piperazine rings is 2. The van der Waals surface area contributed by atoms with Gasteiger partial charge >= 0.3 is 0 Å². The van der Waals surface area contributed by atoms with Gasteiger partial charge in [0.1, 0.15) is 16.8 Å². The first-order valence-electron chi connectivity index (χ1n) is 12.9. The van der Waals surface area contributed by atoms with Crippen molar-refractivity contribution in [3.63, 3.8) is 0 Å². The summed E-state index contributed by atoms with van der Waals surface area (Å²) in [6.45, 7) is 6.55. The molecule has 3 heterocycles. The summed E-state index contributed by atoms with van der Waals surface area (Å²) in [7, 11) is 0. The lowest BCUT2D eigenvalue weighted by atomic mass is 10.1. The van der Waals surface area contributed by atoms with Crippen molar-refractivity contribution in [1.29, 1.82) is 0 Å². The van der Waals surface area contributed by atoms with Crippen molar-refractivity contribution in [3.05, 3.63) is 76.7 Å². The van der Waals surface area contributed by atoms with Gasteiger partial charge in [0.15, 0.2) is 5.16 Å². The number of hydrogen-bond donors (Lipinski definition) is 0. The maximum atomic E-state index is 14.2. The van der Waals surface area contributed by atoms with Crippen LogP contribution in [0.15, 0.2) is 59.8 Å². The van der Waals surface area contributed by atoms with E-state index >= 15 is 0 Å². The molecule has 0 saturated carbocycles. The average molecular weight is 569 g/mol. The summed E-state index contributed by atoms with van der Waals surface area (Å²) in [6.07, 6.45) is 0. The largest absolute Gasteiger partial charge is 0.366 e. The number of aromatic nitrogens is 2. The molecule has 204 valence electrons. The van der Waals surface area contributed by atoms with E-state index in [0.29, 0.717) is 79.7 Å². The van der Waals surface area contributed by atoms with Gasteiger partial charge in [-0.25, -0.2) is 14.4 Å². The molecule has 39 heavy (non-hydrogen) atoms. The van der Waals surface area contributed by atoms with Gasteiger partial charge in [-0.3, -0.25) is 9.59 Å². The molecule has 2 aromatic carbocycles. The number of amides is 2. The Bertz CT molecular complexity index is 1330. The first kappa shape index (κ1) is 27.2. The summed E-state index contributed by atoms with van der Waals surface area (Å²) in [4.78, 5) is 41.2. The Balaban J connectivity index is 1.16. The molecule has 0 spiro atoms. The van der Waals surface area contributed by atoms with E-state index in [2.05, 4.69) is 9.88 Å². The van der Waals surface area contributed by atoms with Crippen LogP contribution in [0.1, 0.15) is 22.8 Å². The molecule has 0 radical (unpaired) electrons. The number of rotatable bonds is 6. The van der Waals surface area contributed by atoms with Gasteiger partial charge in [0.2, 0.25) is 5.91 Å². The van der Waals surface area contributed by atoms with E-state index in [-0.39, 0.29) is 17.6 Å². The van der Waals surface area contributed by atoms with Crippen LogP contribution in [0.3, 0.4) is 0 Å². The quantitative estimate of drug-likeness (QED) is 0.251. The van der Waals surface area contributed by atoms with Crippen LogP contribution in [-0.2, 0) is 10.5 Å². The molecule has 0 bridgehead atoms. The average Bonchev–Trinajstić information content (AvgIpc) is 2.96. The Morgan fingerprint density at radius 2 is 1.51 bits per heavy atom. The van der Waals surface area contributed by atoms with Crippen molar-refractivity contribution >= 4 is 46.7 Å². The second-order valence-electron chi connectivity index (χ2n) is 9.54. The Hall–Kier alpha value is -3.37. The summed E-state index contributed by atoms with van der Waals surface area (Å²) in [5.74, 6) is 1.21. The number of benzene rings is 2. The van der Waals surface area contributed by atoms with Gasteiger partial charge in [-0.2, -0.15) is 0 Å². The van der Waals surface area contributed by atoms with E-state index in [1.54, 1.807) is 34.9 Å². The van der Waals surface area contributed by atoms with Crippen LogP contribution in [0.4, 0.5) is 15.9 Å². The highest BCUT2D eigenvalue weighted by Crippen LogP contribution is 2.27. The molecule has 2 fully saturated rings. The standard InChI is InChI=1S/C28H30ClFN6O2S/c1-20(37)33-10-16-36(17-11-33)27(38)22-8-6-21(7-9-22)19-39-28-31-25(29)18-26(32-28)35-14-12-34(13-15-35)24-5-3-2-4-23(24)30/h2-9,18H,10-17,19H2,1H3. The maximum absolute atomic E-state index is 14.2. The zero-order chi connectivity index (χ0) is 27.4. The van der Waals surface area contributed by atoms with E-state index < -0.39 is 0 Å². The lowest BCUT2D eigenvalue weighted by molar-refractivity contribution is -0.130. The second-order valence-corrected chi connectivity index (χ2v) is 10.9. The first-order chi connectivity index (χ1) is 18.9. The van der Waals surface area contributed by atoms with Crippen LogP contribution in [0.25, 0.3) is 0 Å². The molecular weight excluding hydrogens is 539 g/mol. The number of hydrogen-bond acceptors (Lipinski definition) is 7. The lowest BCUT2D eigenvalue weighted by Crippen LogP contribution is -2.50. The SMILES string of the molecule is CC(=O)N1CCN(C(=O)c2ccc(CSc3nc(Cl)cc(N4CCN(c5ccccc5F)CC4)n3)cc2)CC1. The van der Waals surface area contributed by atoms with Crippen molar-refractivity contribution in [1.82, 2.24) is 19.8 Å². The van der Waals surface area contributed by atoms with Gasteiger partial charge in [-0.15, -0.1) is 0 Å². The third kappa shape index (κ3) is 6.62. The third-order valence-electron chi connectivity index (χ3n) is 7.04. The zero-order valence-corrected chi connectivity index (χ0v) is 23.3. The number of thioether (sulfide) groups is 1. The van der Waals surface area contributed by atoms with E-state index in [9.17, 15) is 14.0 Å². The molecule has 0 unspecified atom stereocenters. The molecule has 2 saturated heterocycles. The molecule has 2 amide bonds. The smallest absolute Gasteiger partial charge is 0.253 e. The first-order valence-corrected chi connectivity index (χ1v) is 14.3. The molecule has 3 aromatic rings. The Morgan fingerprint density at radius 3 is 2.18 bits per heavy atom. The predicted octanol–water partition coefficient (Wildman–Crippen LogP) is 4.19. The summed E-state index contributed by atoms with van der Waals surface area (Å²) in [5.41, 5.74) is 2.30. The zero-order valence-electron chi connectivity index (χ0n) is 21.7. The summed E-state index contributed by atoms with van der Waals surface area (Å²) < 4.78 is 14.2. The van der Waals surface area contributed by atoms with E-state index in [0.717, 1.165) is 11.4 Å². The number of anilines is 2. The minimum absolute atomic E-state index is 0.0182. The monoisotopic (exact) mass is 568 g/mol. The summed E-state index contributed by atoms with van der Waals surface area (Å²) >= 11 is 7.82. The third-order valence-corrected chi connectivity index (χ3v) is 8.15. The molecule has 11 heteroatoms. The van der Waals surface area contributed by atoms with Crippen LogP contribution in [-0.4, -0.2) is 83.9 Å². The predicted molar refractivity (Wildman–Crippen MR) is 152 cm³/mol. The Kier molecular flexibility index (Phi) is 8.52. The Labute approximate surface area is 236 Å². The van der Waals surface area contributed by atoms with E-state index in [1.165, 1.54) is 17.8 Å². The van der Waals surface area contributed by atoms with Crippen LogP contribution in [0.5, 0.6) is 0 Å². The maximum Gasteiger partial charge on any atom is 0.253 e. The van der Waals surface area contributed by atoms with Crippen molar-refractivity contribution < 1.29 is 14.0 Å². The summed E-state index contributed by atoms with van der Waals surface area (Å²) in [5, 5.41) is 0.961. The van der Waals surface area contributed by atoms with Gasteiger partial charge in [0.05, 0.1) is 5.69 Å². The van der Waals surface area contributed by atoms with Gasteiger partial charge < -0.3 is 19.6 Å². The van der Waals surface area contributed by atoms with Crippen LogP contribution >= 0.6 is 23.4 Å². The number of carbonyl (C=O) groups is 2.